The Hall–Kier alpha value is -0.496. The maximum absolute atomic E-state index is 11.4. The third-order valence-corrected chi connectivity index (χ3v) is 9.21. The van der Waals surface area contributed by atoms with Crippen molar-refractivity contribution >= 4 is 24.1 Å². The highest BCUT2D eigenvalue weighted by atomic mass is 28.4. The molecule has 0 aromatic rings. The van der Waals surface area contributed by atoms with Crippen LogP contribution in [0.2, 0.25) is 5.54 Å². The van der Waals surface area contributed by atoms with E-state index in [1.165, 1.54) is 35.5 Å². The first-order valence-electron chi connectivity index (χ1n) is 5.96. The molecule has 0 rings (SSSR count). The zero-order chi connectivity index (χ0) is 16.0. The predicted octanol–water partition coefficient (Wildman–Crippen LogP) is 0.00180. The van der Waals surface area contributed by atoms with Gasteiger partial charge in [-0.1, -0.05) is 6.92 Å². The SMILES string of the molecule is CO[Si](OC)C(C)(NC(N)=O)C(C)[Si](OC)(OC)OC. The highest BCUT2D eigenvalue weighted by Gasteiger charge is 2.59. The molecule has 0 saturated heterocycles. The van der Waals surface area contributed by atoms with Gasteiger partial charge in [-0.05, 0) is 6.92 Å². The molecule has 0 saturated carbocycles. The second-order valence-electron chi connectivity index (χ2n) is 4.32. The molecule has 0 aliphatic carbocycles. The molecule has 0 fully saturated rings. The van der Waals surface area contributed by atoms with Crippen molar-refractivity contribution in [3.63, 3.8) is 0 Å². The van der Waals surface area contributed by atoms with E-state index < -0.39 is 29.3 Å². The second-order valence-corrected chi connectivity index (χ2v) is 10.1. The lowest BCUT2D eigenvalue weighted by Gasteiger charge is -2.43. The summed E-state index contributed by atoms with van der Waals surface area (Å²) in [5, 5.41) is 1.80. The van der Waals surface area contributed by atoms with Crippen LogP contribution in [0.4, 0.5) is 4.79 Å². The van der Waals surface area contributed by atoms with Crippen LogP contribution < -0.4 is 11.1 Å². The average Bonchev–Trinajstić information content (AvgIpc) is 2.41. The lowest BCUT2D eigenvalue weighted by molar-refractivity contribution is 0.0994. The Labute approximate surface area is 123 Å². The number of nitrogens with two attached hydrogens (primary N) is 1. The summed E-state index contributed by atoms with van der Waals surface area (Å²) in [4.78, 5) is 11.4. The molecular formula is C10H25N2O6Si2. The molecule has 2 unspecified atom stereocenters. The van der Waals surface area contributed by atoms with Crippen LogP contribution in [0.3, 0.4) is 0 Å². The smallest absolute Gasteiger partial charge is 0.395 e. The average molecular weight is 325 g/mol. The summed E-state index contributed by atoms with van der Waals surface area (Å²) in [6.07, 6.45) is 0. The zero-order valence-corrected chi connectivity index (χ0v) is 15.1. The molecule has 0 bridgehead atoms. The van der Waals surface area contributed by atoms with Crippen LogP contribution in [0.1, 0.15) is 13.8 Å². The van der Waals surface area contributed by atoms with E-state index in [1.54, 1.807) is 6.92 Å². The van der Waals surface area contributed by atoms with E-state index in [4.69, 9.17) is 27.9 Å². The van der Waals surface area contributed by atoms with Crippen molar-refractivity contribution in [2.45, 2.75) is 24.6 Å². The Morgan fingerprint density at radius 2 is 1.55 bits per heavy atom. The molecule has 0 aromatic heterocycles. The van der Waals surface area contributed by atoms with Crippen LogP contribution in [-0.4, -0.2) is 64.8 Å². The van der Waals surface area contributed by atoms with Gasteiger partial charge in [0.15, 0.2) is 0 Å². The van der Waals surface area contributed by atoms with Gasteiger partial charge in [-0.25, -0.2) is 4.79 Å². The van der Waals surface area contributed by atoms with Gasteiger partial charge in [0.25, 0.3) is 0 Å². The first kappa shape index (κ1) is 19.5. The van der Waals surface area contributed by atoms with E-state index in [1.807, 2.05) is 6.92 Å². The number of nitrogens with one attached hydrogen (secondary N) is 1. The molecule has 2 atom stereocenters. The van der Waals surface area contributed by atoms with E-state index in [-0.39, 0.29) is 5.54 Å². The van der Waals surface area contributed by atoms with Gasteiger partial charge in [0.2, 0.25) is 0 Å². The van der Waals surface area contributed by atoms with Crippen LogP contribution in [0, 0.1) is 0 Å². The van der Waals surface area contributed by atoms with E-state index >= 15 is 0 Å². The molecule has 0 aliphatic heterocycles. The van der Waals surface area contributed by atoms with Crippen molar-refractivity contribution in [2.75, 3.05) is 35.5 Å². The molecule has 10 heteroatoms. The van der Waals surface area contributed by atoms with Gasteiger partial charge in [-0.2, -0.15) is 0 Å². The summed E-state index contributed by atoms with van der Waals surface area (Å²) in [6.45, 7) is 3.63. The number of carbonyl (C=O) groups excluding carboxylic acids is 1. The highest BCUT2D eigenvalue weighted by molar-refractivity contribution is 6.65. The summed E-state index contributed by atoms with van der Waals surface area (Å²) in [7, 11) is 2.64. The third kappa shape index (κ3) is 3.78. The fourth-order valence-corrected chi connectivity index (χ4v) is 7.05. The molecule has 20 heavy (non-hydrogen) atoms. The second kappa shape index (κ2) is 8.07. The van der Waals surface area contributed by atoms with E-state index in [9.17, 15) is 4.79 Å². The monoisotopic (exact) mass is 325 g/mol. The topological polar surface area (TPSA) is 101 Å². The van der Waals surface area contributed by atoms with Gasteiger partial charge in [0.05, 0.1) is 10.7 Å². The number of carbonyl (C=O) groups is 1. The van der Waals surface area contributed by atoms with Crippen molar-refractivity contribution in [3.8, 4) is 0 Å². The Morgan fingerprint density at radius 3 is 1.80 bits per heavy atom. The summed E-state index contributed by atoms with van der Waals surface area (Å²) in [6, 6.07) is -0.679. The minimum absolute atomic E-state index is 0.337. The molecule has 0 spiro atoms. The fourth-order valence-electron chi connectivity index (χ4n) is 2.23. The van der Waals surface area contributed by atoms with E-state index in [0.29, 0.717) is 0 Å². The molecule has 0 aromatic carbocycles. The fraction of sp³-hybridized carbons (Fsp3) is 0.900. The van der Waals surface area contributed by atoms with Crippen molar-refractivity contribution in [1.29, 1.82) is 0 Å². The number of hydrogen-bond acceptors (Lipinski definition) is 6. The molecular weight excluding hydrogens is 300 g/mol. The maximum Gasteiger partial charge on any atom is 0.505 e. The lowest BCUT2D eigenvalue weighted by Crippen LogP contribution is -2.68. The number of amides is 2. The Kier molecular flexibility index (Phi) is 7.87. The summed E-state index contributed by atoms with van der Waals surface area (Å²) < 4.78 is 27.2. The van der Waals surface area contributed by atoms with Crippen molar-refractivity contribution in [3.05, 3.63) is 0 Å². The predicted molar refractivity (Wildman–Crippen MR) is 77.1 cm³/mol. The first-order chi connectivity index (χ1) is 9.27. The molecule has 3 N–H and O–H groups in total. The highest BCUT2D eigenvalue weighted by Crippen LogP contribution is 2.36. The normalized spacial score (nSPS) is 16.8. The van der Waals surface area contributed by atoms with E-state index in [0.717, 1.165) is 0 Å². The Morgan fingerprint density at radius 1 is 1.15 bits per heavy atom. The Bertz CT molecular complexity index is 306. The van der Waals surface area contributed by atoms with Crippen molar-refractivity contribution in [1.82, 2.24) is 5.32 Å². The van der Waals surface area contributed by atoms with Crippen LogP contribution in [0.15, 0.2) is 0 Å². The van der Waals surface area contributed by atoms with Gasteiger partial charge < -0.3 is 33.2 Å². The molecule has 1 radical (unpaired) electrons. The number of urea groups is 1. The van der Waals surface area contributed by atoms with Crippen LogP contribution in [0.5, 0.6) is 0 Å². The molecule has 2 amide bonds. The Balaban J connectivity index is 5.66. The summed E-state index contributed by atoms with van der Waals surface area (Å²) in [5.74, 6) is 0. The zero-order valence-electron chi connectivity index (χ0n) is 13.1. The van der Waals surface area contributed by atoms with Gasteiger partial charge in [0.1, 0.15) is 0 Å². The van der Waals surface area contributed by atoms with Crippen molar-refractivity contribution < 1.29 is 26.9 Å². The van der Waals surface area contributed by atoms with Crippen LogP contribution in [-0.2, 0) is 22.1 Å². The van der Waals surface area contributed by atoms with Crippen LogP contribution >= 0.6 is 0 Å². The quantitative estimate of drug-likeness (QED) is 0.579. The number of rotatable bonds is 9. The van der Waals surface area contributed by atoms with E-state index in [2.05, 4.69) is 5.32 Å². The standard InChI is InChI=1S/C10H25N2O6Si2/c1-8(20(16-5,17-6)18-7)10(2,12-9(11)13)19(14-3)15-4/h8H,1-7H3,(H3,11,12,13). The first-order valence-corrected chi connectivity index (χ1v) is 9.08. The van der Waals surface area contributed by atoms with Gasteiger partial charge >= 0.3 is 24.1 Å². The van der Waals surface area contributed by atoms with Gasteiger partial charge in [-0.3, -0.25) is 0 Å². The van der Waals surface area contributed by atoms with Crippen molar-refractivity contribution in [2.24, 2.45) is 5.73 Å². The van der Waals surface area contributed by atoms with Gasteiger partial charge in [-0.15, -0.1) is 0 Å². The molecule has 119 valence electrons. The third-order valence-electron chi connectivity index (χ3n) is 3.43. The molecule has 8 nitrogen and oxygen atoms in total. The lowest BCUT2D eigenvalue weighted by atomic mass is 10.2. The minimum atomic E-state index is -3.02. The largest absolute Gasteiger partial charge is 0.505 e. The number of primary amides is 1. The maximum atomic E-state index is 11.4. The minimum Gasteiger partial charge on any atom is -0.395 e. The molecule has 0 heterocycles. The van der Waals surface area contributed by atoms with Gasteiger partial charge in [0, 0.05) is 35.5 Å². The molecule has 0 aliphatic rings. The summed E-state index contributed by atoms with van der Waals surface area (Å²) in [5.41, 5.74) is 4.94. The van der Waals surface area contributed by atoms with Crippen LogP contribution in [0.25, 0.3) is 0 Å². The summed E-state index contributed by atoms with van der Waals surface area (Å²) >= 11 is 0. The number of hydrogen-bond donors (Lipinski definition) is 2.